The van der Waals surface area contributed by atoms with E-state index >= 15 is 0 Å². The van der Waals surface area contributed by atoms with Gasteiger partial charge in [-0.3, -0.25) is 4.79 Å². The van der Waals surface area contributed by atoms with Crippen molar-refractivity contribution >= 4 is 17.6 Å². The second kappa shape index (κ2) is 9.48. The quantitative estimate of drug-likeness (QED) is 0.416. The lowest BCUT2D eigenvalue weighted by Gasteiger charge is -2.11. The van der Waals surface area contributed by atoms with Gasteiger partial charge in [0.1, 0.15) is 0 Å². The first-order valence-electron chi connectivity index (χ1n) is 9.71. The van der Waals surface area contributed by atoms with Gasteiger partial charge >= 0.3 is 6.03 Å². The Morgan fingerprint density at radius 2 is 2.00 bits per heavy atom. The SMILES string of the molecule is CCNC(=O)Nc1ccc(-n2nnc(C(=O)NC3CC3)c2CCC(O)CO)cc1. The summed E-state index contributed by atoms with van der Waals surface area (Å²) in [5.74, 6) is -0.290. The third-order valence-corrected chi connectivity index (χ3v) is 4.52. The zero-order valence-electron chi connectivity index (χ0n) is 16.3. The maximum absolute atomic E-state index is 12.5. The molecule has 1 aliphatic rings. The molecule has 0 aliphatic heterocycles. The number of rotatable bonds is 9. The molecule has 2 aromatic rings. The first kappa shape index (κ1) is 20.7. The number of nitrogens with zero attached hydrogens (tertiary/aromatic N) is 3. The minimum Gasteiger partial charge on any atom is -0.394 e. The fraction of sp³-hybridized carbons (Fsp3) is 0.474. The van der Waals surface area contributed by atoms with Gasteiger partial charge in [-0.25, -0.2) is 9.48 Å². The lowest BCUT2D eigenvalue weighted by Crippen LogP contribution is -2.28. The molecule has 1 aromatic heterocycles. The number of hydrogen-bond donors (Lipinski definition) is 5. The Balaban J connectivity index is 1.82. The van der Waals surface area contributed by atoms with Crippen molar-refractivity contribution in [3.8, 4) is 5.69 Å². The summed E-state index contributed by atoms with van der Waals surface area (Å²) in [7, 11) is 0. The number of aliphatic hydroxyl groups excluding tert-OH is 2. The van der Waals surface area contributed by atoms with Crippen LogP contribution in [0.3, 0.4) is 0 Å². The molecule has 1 aliphatic carbocycles. The zero-order valence-corrected chi connectivity index (χ0v) is 16.3. The van der Waals surface area contributed by atoms with Gasteiger partial charge in [-0.1, -0.05) is 5.21 Å². The number of aromatic nitrogens is 3. The number of amides is 3. The van der Waals surface area contributed by atoms with Crippen molar-refractivity contribution in [2.45, 2.75) is 44.8 Å². The van der Waals surface area contributed by atoms with Crippen LogP contribution < -0.4 is 16.0 Å². The van der Waals surface area contributed by atoms with Gasteiger partial charge in [0.25, 0.3) is 5.91 Å². The standard InChI is InChI=1S/C19H26N6O4/c1-2-20-19(29)22-13-5-7-14(8-6-13)25-16(10-9-15(27)11-26)17(23-24-25)18(28)21-12-3-4-12/h5-8,12,15,26-27H,2-4,9-11H2,1H3,(H,21,28)(H2,20,22,29). The smallest absolute Gasteiger partial charge is 0.319 e. The highest BCUT2D eigenvalue weighted by atomic mass is 16.3. The minimum atomic E-state index is -0.888. The Morgan fingerprint density at radius 1 is 1.28 bits per heavy atom. The Hall–Kier alpha value is -2.98. The second-order valence-electron chi connectivity index (χ2n) is 6.95. The molecule has 156 valence electrons. The number of urea groups is 1. The van der Waals surface area contributed by atoms with E-state index in [0.717, 1.165) is 12.8 Å². The second-order valence-corrected chi connectivity index (χ2v) is 6.95. The highest BCUT2D eigenvalue weighted by Gasteiger charge is 2.28. The summed E-state index contributed by atoms with van der Waals surface area (Å²) in [6.07, 6.45) is 1.61. The number of carbonyl (C=O) groups is 2. The van der Waals surface area contributed by atoms with Gasteiger partial charge in [0.05, 0.1) is 24.1 Å². The summed E-state index contributed by atoms with van der Waals surface area (Å²) >= 11 is 0. The third-order valence-electron chi connectivity index (χ3n) is 4.52. The van der Waals surface area contributed by atoms with Crippen LogP contribution >= 0.6 is 0 Å². The number of anilines is 1. The van der Waals surface area contributed by atoms with Gasteiger partial charge in [0.2, 0.25) is 0 Å². The van der Waals surface area contributed by atoms with Crippen molar-refractivity contribution in [3.05, 3.63) is 35.7 Å². The molecule has 0 radical (unpaired) electrons. The Bertz CT molecular complexity index is 847. The van der Waals surface area contributed by atoms with E-state index < -0.39 is 6.10 Å². The molecule has 1 aromatic carbocycles. The lowest BCUT2D eigenvalue weighted by atomic mass is 10.1. The van der Waals surface area contributed by atoms with Crippen molar-refractivity contribution in [1.82, 2.24) is 25.6 Å². The largest absolute Gasteiger partial charge is 0.394 e. The van der Waals surface area contributed by atoms with Crippen molar-refractivity contribution in [1.29, 1.82) is 0 Å². The molecule has 0 spiro atoms. The van der Waals surface area contributed by atoms with Crippen LogP contribution in [0.1, 0.15) is 42.4 Å². The fourth-order valence-corrected chi connectivity index (χ4v) is 2.81. The van der Waals surface area contributed by atoms with Crippen LogP contribution in [-0.2, 0) is 6.42 Å². The van der Waals surface area contributed by atoms with Crippen molar-refractivity contribution in [2.75, 3.05) is 18.5 Å². The topological polar surface area (TPSA) is 141 Å². The Morgan fingerprint density at radius 3 is 2.62 bits per heavy atom. The summed E-state index contributed by atoms with van der Waals surface area (Å²) in [6.45, 7) is 2.00. The van der Waals surface area contributed by atoms with E-state index in [1.54, 1.807) is 28.9 Å². The normalized spacial score (nSPS) is 14.3. The zero-order chi connectivity index (χ0) is 20.8. The molecule has 3 rings (SSSR count). The molecule has 1 saturated carbocycles. The predicted molar refractivity (Wildman–Crippen MR) is 106 cm³/mol. The minimum absolute atomic E-state index is 0.183. The Labute approximate surface area is 168 Å². The average molecular weight is 402 g/mol. The average Bonchev–Trinajstić information content (AvgIpc) is 3.42. The van der Waals surface area contributed by atoms with Gasteiger partial charge < -0.3 is 26.2 Å². The highest BCUT2D eigenvalue weighted by Crippen LogP contribution is 2.21. The van der Waals surface area contributed by atoms with E-state index in [1.165, 1.54) is 0 Å². The van der Waals surface area contributed by atoms with E-state index in [1.807, 2.05) is 6.92 Å². The van der Waals surface area contributed by atoms with Crippen LogP contribution in [0.25, 0.3) is 5.69 Å². The van der Waals surface area contributed by atoms with Gasteiger partial charge in [-0.15, -0.1) is 5.10 Å². The van der Waals surface area contributed by atoms with Crippen LogP contribution in [0.4, 0.5) is 10.5 Å². The molecule has 1 heterocycles. The molecule has 0 bridgehead atoms. The summed E-state index contributed by atoms with van der Waals surface area (Å²) in [5.41, 5.74) is 2.05. The molecule has 1 unspecified atom stereocenters. The van der Waals surface area contributed by atoms with Crippen molar-refractivity contribution < 1.29 is 19.8 Å². The van der Waals surface area contributed by atoms with Gasteiger partial charge in [0.15, 0.2) is 5.69 Å². The molecule has 29 heavy (non-hydrogen) atoms. The summed E-state index contributed by atoms with van der Waals surface area (Å²) in [5, 5.41) is 35.2. The molecular formula is C19H26N6O4. The molecule has 1 fully saturated rings. The first-order valence-corrected chi connectivity index (χ1v) is 9.71. The first-order chi connectivity index (χ1) is 14.0. The van der Waals surface area contributed by atoms with Crippen LogP contribution in [0.5, 0.6) is 0 Å². The third kappa shape index (κ3) is 5.52. The van der Waals surface area contributed by atoms with E-state index in [-0.39, 0.29) is 36.7 Å². The molecule has 0 saturated heterocycles. The monoisotopic (exact) mass is 402 g/mol. The number of carbonyl (C=O) groups excluding carboxylic acids is 2. The van der Waals surface area contributed by atoms with Crippen LogP contribution in [-0.4, -0.2) is 62.4 Å². The van der Waals surface area contributed by atoms with Crippen LogP contribution in [0, 0.1) is 0 Å². The molecule has 5 N–H and O–H groups in total. The van der Waals surface area contributed by atoms with Crippen molar-refractivity contribution in [2.24, 2.45) is 0 Å². The maximum atomic E-state index is 12.5. The van der Waals surface area contributed by atoms with Gasteiger partial charge in [-0.2, -0.15) is 0 Å². The summed E-state index contributed by atoms with van der Waals surface area (Å²) in [6, 6.07) is 6.85. The summed E-state index contributed by atoms with van der Waals surface area (Å²) < 4.78 is 1.54. The summed E-state index contributed by atoms with van der Waals surface area (Å²) in [4.78, 5) is 24.2. The number of hydrogen-bond acceptors (Lipinski definition) is 6. The number of aliphatic hydroxyl groups is 2. The molecule has 1 atom stereocenters. The van der Waals surface area contributed by atoms with E-state index in [2.05, 4.69) is 26.3 Å². The number of benzene rings is 1. The van der Waals surface area contributed by atoms with Crippen molar-refractivity contribution in [3.63, 3.8) is 0 Å². The van der Waals surface area contributed by atoms with Crippen LogP contribution in [0.15, 0.2) is 24.3 Å². The van der Waals surface area contributed by atoms with Gasteiger partial charge in [-0.05, 0) is 56.9 Å². The van der Waals surface area contributed by atoms with Crippen LogP contribution in [0.2, 0.25) is 0 Å². The molecule has 3 amide bonds. The molecule has 10 nitrogen and oxygen atoms in total. The molecule has 10 heteroatoms. The molecular weight excluding hydrogens is 376 g/mol. The van der Waals surface area contributed by atoms with E-state index in [9.17, 15) is 14.7 Å². The predicted octanol–water partition coefficient (Wildman–Crippen LogP) is 0.587. The van der Waals surface area contributed by atoms with E-state index in [4.69, 9.17) is 5.11 Å². The number of nitrogens with one attached hydrogen (secondary N) is 3. The lowest BCUT2D eigenvalue weighted by molar-refractivity contribution is 0.0877. The maximum Gasteiger partial charge on any atom is 0.319 e. The van der Waals surface area contributed by atoms with E-state index in [0.29, 0.717) is 30.0 Å². The van der Waals surface area contributed by atoms with Gasteiger partial charge in [0, 0.05) is 18.3 Å². The highest BCUT2D eigenvalue weighted by molar-refractivity contribution is 5.93. The fourth-order valence-electron chi connectivity index (χ4n) is 2.81. The Kier molecular flexibility index (Phi) is 6.78.